The molecule has 2 aliphatic rings. The highest BCUT2D eigenvalue weighted by Crippen LogP contribution is 2.32. The van der Waals surface area contributed by atoms with Gasteiger partial charge in [-0.15, -0.1) is 6.42 Å². The smallest absolute Gasteiger partial charge is 0.318 e. The molecule has 2 fully saturated rings. The summed E-state index contributed by atoms with van der Waals surface area (Å²) in [6.07, 6.45) is 12.1. The topological polar surface area (TPSA) is 69.6 Å². The SMILES string of the molecule is C#CCN(CC1CC1)C(=O)NC1(CC(=O)O)CCCCC1. The number of hydrogen-bond donors (Lipinski definition) is 2. The average molecular weight is 292 g/mol. The van der Waals surface area contributed by atoms with Gasteiger partial charge in [0, 0.05) is 6.54 Å². The quantitative estimate of drug-likeness (QED) is 0.737. The van der Waals surface area contributed by atoms with E-state index in [2.05, 4.69) is 11.2 Å². The highest BCUT2D eigenvalue weighted by Gasteiger charge is 2.37. The molecule has 5 nitrogen and oxygen atoms in total. The maximum Gasteiger partial charge on any atom is 0.318 e. The summed E-state index contributed by atoms with van der Waals surface area (Å²) in [6.45, 7) is 0.963. The van der Waals surface area contributed by atoms with Gasteiger partial charge in [-0.3, -0.25) is 4.79 Å². The lowest BCUT2D eigenvalue weighted by Crippen LogP contribution is -2.55. The van der Waals surface area contributed by atoms with Crippen molar-refractivity contribution in [1.82, 2.24) is 10.2 Å². The second-order valence-corrected chi connectivity index (χ2v) is 6.37. The molecule has 0 heterocycles. The lowest BCUT2D eigenvalue weighted by atomic mass is 9.79. The molecule has 0 atom stereocenters. The van der Waals surface area contributed by atoms with Crippen molar-refractivity contribution >= 4 is 12.0 Å². The molecule has 2 saturated carbocycles. The third kappa shape index (κ3) is 4.66. The summed E-state index contributed by atoms with van der Waals surface area (Å²) in [4.78, 5) is 25.3. The zero-order valence-corrected chi connectivity index (χ0v) is 12.4. The summed E-state index contributed by atoms with van der Waals surface area (Å²) < 4.78 is 0. The van der Waals surface area contributed by atoms with Crippen molar-refractivity contribution in [3.8, 4) is 12.3 Å². The Morgan fingerprint density at radius 3 is 2.48 bits per heavy atom. The summed E-state index contributed by atoms with van der Waals surface area (Å²) >= 11 is 0. The van der Waals surface area contributed by atoms with Crippen LogP contribution in [0.3, 0.4) is 0 Å². The maximum absolute atomic E-state index is 12.5. The minimum absolute atomic E-state index is 0.00787. The highest BCUT2D eigenvalue weighted by molar-refractivity contribution is 5.77. The number of urea groups is 1. The average Bonchev–Trinajstić information content (AvgIpc) is 3.22. The van der Waals surface area contributed by atoms with Gasteiger partial charge in [-0.25, -0.2) is 4.79 Å². The zero-order valence-electron chi connectivity index (χ0n) is 12.4. The van der Waals surface area contributed by atoms with E-state index in [4.69, 9.17) is 11.5 Å². The minimum Gasteiger partial charge on any atom is -0.481 e. The number of hydrogen-bond acceptors (Lipinski definition) is 2. The van der Waals surface area contributed by atoms with E-state index >= 15 is 0 Å². The Morgan fingerprint density at radius 1 is 1.29 bits per heavy atom. The fourth-order valence-corrected chi connectivity index (χ4v) is 3.11. The predicted octanol–water partition coefficient (Wildman–Crippen LogP) is 2.22. The lowest BCUT2D eigenvalue weighted by molar-refractivity contribution is -0.139. The molecule has 2 aliphatic carbocycles. The monoisotopic (exact) mass is 292 g/mol. The number of carboxylic acid groups (broad SMARTS) is 1. The number of amides is 2. The molecule has 0 aromatic rings. The van der Waals surface area contributed by atoms with Gasteiger partial charge in [0.05, 0.1) is 18.5 Å². The summed E-state index contributed by atoms with van der Waals surface area (Å²) in [5.74, 6) is 2.22. The first-order valence-corrected chi connectivity index (χ1v) is 7.77. The summed E-state index contributed by atoms with van der Waals surface area (Å²) in [7, 11) is 0. The summed E-state index contributed by atoms with van der Waals surface area (Å²) in [6, 6.07) is -0.206. The number of carbonyl (C=O) groups excluding carboxylic acids is 1. The molecule has 2 amide bonds. The molecule has 0 unspecified atom stereocenters. The Morgan fingerprint density at radius 2 is 1.95 bits per heavy atom. The number of aliphatic carboxylic acids is 1. The van der Waals surface area contributed by atoms with Gasteiger partial charge < -0.3 is 15.3 Å². The van der Waals surface area contributed by atoms with Gasteiger partial charge >= 0.3 is 12.0 Å². The van der Waals surface area contributed by atoms with Crippen molar-refractivity contribution in [1.29, 1.82) is 0 Å². The lowest BCUT2D eigenvalue weighted by Gasteiger charge is -2.38. The number of rotatable bonds is 6. The largest absolute Gasteiger partial charge is 0.481 e. The predicted molar refractivity (Wildman–Crippen MR) is 79.7 cm³/mol. The van der Waals surface area contributed by atoms with E-state index in [1.165, 1.54) is 0 Å². The van der Waals surface area contributed by atoms with Crippen LogP contribution in [0.5, 0.6) is 0 Å². The van der Waals surface area contributed by atoms with Crippen LogP contribution in [0.1, 0.15) is 51.4 Å². The summed E-state index contributed by atoms with van der Waals surface area (Å²) in [5, 5.41) is 12.1. The number of nitrogens with zero attached hydrogens (tertiary/aromatic N) is 1. The van der Waals surface area contributed by atoms with E-state index < -0.39 is 11.5 Å². The van der Waals surface area contributed by atoms with Crippen LogP contribution >= 0.6 is 0 Å². The van der Waals surface area contributed by atoms with E-state index in [1.807, 2.05) is 0 Å². The van der Waals surface area contributed by atoms with Crippen LogP contribution in [-0.4, -0.2) is 40.6 Å². The second kappa shape index (κ2) is 6.84. The molecule has 0 aromatic heterocycles. The Hall–Kier alpha value is -1.70. The van der Waals surface area contributed by atoms with Gasteiger partial charge in [0.15, 0.2) is 0 Å². The highest BCUT2D eigenvalue weighted by atomic mass is 16.4. The molecular formula is C16H24N2O3. The van der Waals surface area contributed by atoms with Crippen molar-refractivity contribution in [2.24, 2.45) is 5.92 Å². The van der Waals surface area contributed by atoms with E-state index in [1.54, 1.807) is 4.90 Å². The number of nitrogens with one attached hydrogen (secondary N) is 1. The van der Waals surface area contributed by atoms with Crippen molar-refractivity contribution in [3.05, 3.63) is 0 Å². The molecule has 21 heavy (non-hydrogen) atoms. The van der Waals surface area contributed by atoms with Crippen molar-refractivity contribution in [2.45, 2.75) is 56.9 Å². The Labute approximate surface area is 126 Å². The fourth-order valence-electron chi connectivity index (χ4n) is 3.11. The van der Waals surface area contributed by atoms with E-state index in [0.717, 1.165) is 44.9 Å². The summed E-state index contributed by atoms with van der Waals surface area (Å²) in [5.41, 5.74) is -0.600. The van der Waals surface area contributed by atoms with Gasteiger partial charge in [-0.2, -0.15) is 0 Å². The molecule has 0 radical (unpaired) electrons. The van der Waals surface area contributed by atoms with E-state index in [9.17, 15) is 9.59 Å². The first-order chi connectivity index (χ1) is 10.0. The van der Waals surface area contributed by atoms with Gasteiger partial charge in [0.1, 0.15) is 0 Å². The van der Waals surface area contributed by atoms with Crippen LogP contribution in [0.2, 0.25) is 0 Å². The van der Waals surface area contributed by atoms with Crippen molar-refractivity contribution in [2.75, 3.05) is 13.1 Å². The first-order valence-electron chi connectivity index (χ1n) is 7.77. The number of carbonyl (C=O) groups is 2. The van der Waals surface area contributed by atoms with Crippen molar-refractivity contribution in [3.63, 3.8) is 0 Å². The zero-order chi connectivity index (χ0) is 15.3. The van der Waals surface area contributed by atoms with Gasteiger partial charge in [0.2, 0.25) is 0 Å². The van der Waals surface area contributed by atoms with Crippen LogP contribution in [0.15, 0.2) is 0 Å². The Bertz CT molecular complexity index is 431. The third-order valence-electron chi connectivity index (χ3n) is 4.42. The second-order valence-electron chi connectivity index (χ2n) is 6.37. The normalized spacial score (nSPS) is 20.3. The van der Waals surface area contributed by atoms with E-state index in [0.29, 0.717) is 12.5 Å². The first kappa shape index (κ1) is 15.7. The number of carboxylic acids is 1. The van der Waals surface area contributed by atoms with Gasteiger partial charge in [0.25, 0.3) is 0 Å². The molecule has 0 bridgehead atoms. The van der Waals surface area contributed by atoms with Crippen LogP contribution in [-0.2, 0) is 4.79 Å². The number of terminal acetylenes is 1. The molecule has 0 saturated heterocycles. The molecule has 5 heteroatoms. The van der Waals surface area contributed by atoms with Gasteiger partial charge in [-0.05, 0) is 31.6 Å². The standard InChI is InChI=1S/C16H24N2O3/c1-2-10-18(12-13-6-7-13)15(21)17-16(11-14(19)20)8-4-3-5-9-16/h1,13H,3-12H2,(H,17,21)(H,19,20). The molecule has 0 aliphatic heterocycles. The van der Waals surface area contributed by atoms with Crippen molar-refractivity contribution < 1.29 is 14.7 Å². The van der Waals surface area contributed by atoms with Crippen LogP contribution < -0.4 is 5.32 Å². The molecular weight excluding hydrogens is 268 g/mol. The maximum atomic E-state index is 12.5. The Balaban J connectivity index is 2.01. The van der Waals surface area contributed by atoms with Crippen LogP contribution in [0, 0.1) is 18.3 Å². The molecule has 0 spiro atoms. The van der Waals surface area contributed by atoms with E-state index in [-0.39, 0.29) is 19.0 Å². The minimum atomic E-state index is -0.858. The molecule has 0 aromatic carbocycles. The van der Waals surface area contributed by atoms with Crippen LogP contribution in [0.25, 0.3) is 0 Å². The van der Waals surface area contributed by atoms with Crippen LogP contribution in [0.4, 0.5) is 4.79 Å². The Kier molecular flexibility index (Phi) is 5.11. The molecule has 2 N–H and O–H groups in total. The third-order valence-corrected chi connectivity index (χ3v) is 4.42. The van der Waals surface area contributed by atoms with Gasteiger partial charge in [-0.1, -0.05) is 25.2 Å². The molecule has 116 valence electrons. The fraction of sp³-hybridized carbons (Fsp3) is 0.750. The molecule has 2 rings (SSSR count).